The highest BCUT2D eigenvalue weighted by Gasteiger charge is 2.17. The van der Waals surface area contributed by atoms with Crippen molar-refractivity contribution in [1.82, 2.24) is 4.90 Å². The predicted molar refractivity (Wildman–Crippen MR) is 128 cm³/mol. The average Bonchev–Trinajstić information content (AvgIpc) is 2.74. The number of amidine groups is 1. The first-order valence-electron chi connectivity index (χ1n) is 10.2. The van der Waals surface area contributed by atoms with E-state index in [0.29, 0.717) is 18.8 Å². The van der Waals surface area contributed by atoms with Gasteiger partial charge in [-0.15, -0.1) is 24.8 Å². The Morgan fingerprint density at radius 1 is 0.933 bits per heavy atom. The number of halogens is 2. The van der Waals surface area contributed by atoms with Crippen LogP contribution >= 0.6 is 24.8 Å². The van der Waals surface area contributed by atoms with Crippen LogP contribution in [0, 0.1) is 0 Å². The third-order valence-electron chi connectivity index (χ3n) is 5.18. The van der Waals surface area contributed by atoms with E-state index in [1.807, 2.05) is 36.4 Å². The van der Waals surface area contributed by atoms with Gasteiger partial charge in [-0.1, -0.05) is 72.2 Å². The summed E-state index contributed by atoms with van der Waals surface area (Å²) in [7, 11) is 0. The standard InChI is InChI=1S/C23H31N3O2.2ClH/c24-23(25-28-18-21(27)17-26-14-8-3-9-15-26)16-22(19-10-4-1-5-11-19)20-12-6-2-7-13-20;;/h1-2,4-7,10-13,21-22,27H,3,8-9,14-18H2,(H2,24,25);2*1H. The Kier molecular flexibility index (Phi) is 12.5. The molecule has 7 heteroatoms. The molecule has 0 amide bonds. The van der Waals surface area contributed by atoms with Crippen LogP contribution in [-0.4, -0.2) is 48.2 Å². The van der Waals surface area contributed by atoms with E-state index in [4.69, 9.17) is 10.6 Å². The number of hydrogen-bond donors (Lipinski definition) is 2. The Balaban J connectivity index is 0.00000225. The molecular weight excluding hydrogens is 421 g/mol. The maximum Gasteiger partial charge on any atom is 0.144 e. The molecular formula is C23H33Cl2N3O2. The summed E-state index contributed by atoms with van der Waals surface area (Å²) in [4.78, 5) is 7.64. The summed E-state index contributed by atoms with van der Waals surface area (Å²) in [6.45, 7) is 2.90. The van der Waals surface area contributed by atoms with Crippen molar-refractivity contribution in [2.45, 2.75) is 37.7 Å². The van der Waals surface area contributed by atoms with E-state index in [0.717, 1.165) is 13.1 Å². The van der Waals surface area contributed by atoms with Gasteiger partial charge in [-0.3, -0.25) is 0 Å². The van der Waals surface area contributed by atoms with Crippen LogP contribution in [0.4, 0.5) is 0 Å². The van der Waals surface area contributed by atoms with Gasteiger partial charge in [-0.05, 0) is 37.1 Å². The van der Waals surface area contributed by atoms with Crippen LogP contribution in [0.1, 0.15) is 42.7 Å². The van der Waals surface area contributed by atoms with Crippen LogP contribution in [0.2, 0.25) is 0 Å². The summed E-state index contributed by atoms with van der Waals surface area (Å²) in [5.41, 5.74) is 8.54. The summed E-state index contributed by atoms with van der Waals surface area (Å²) < 4.78 is 0. The number of β-amino-alcohol motifs (C(OH)–C–C–N with tert-alkyl or cyclic N) is 1. The van der Waals surface area contributed by atoms with Crippen LogP contribution in [0.15, 0.2) is 65.8 Å². The molecule has 2 aromatic carbocycles. The van der Waals surface area contributed by atoms with Crippen LogP contribution in [0.5, 0.6) is 0 Å². The van der Waals surface area contributed by atoms with Crippen molar-refractivity contribution >= 4 is 30.6 Å². The molecule has 0 spiro atoms. The molecule has 1 aliphatic heterocycles. The lowest BCUT2D eigenvalue weighted by molar-refractivity contribution is 0.0155. The lowest BCUT2D eigenvalue weighted by Gasteiger charge is -2.28. The minimum absolute atomic E-state index is 0. The molecule has 1 aliphatic rings. The van der Waals surface area contributed by atoms with E-state index >= 15 is 0 Å². The molecule has 0 aromatic heterocycles. The second kappa shape index (κ2) is 14.3. The molecule has 0 aliphatic carbocycles. The first-order valence-corrected chi connectivity index (χ1v) is 10.2. The summed E-state index contributed by atoms with van der Waals surface area (Å²) in [6.07, 6.45) is 3.72. The maximum absolute atomic E-state index is 10.2. The van der Waals surface area contributed by atoms with Crippen molar-refractivity contribution in [2.24, 2.45) is 10.9 Å². The van der Waals surface area contributed by atoms with Crippen molar-refractivity contribution in [3.63, 3.8) is 0 Å². The lowest BCUT2D eigenvalue weighted by atomic mass is 9.88. The zero-order chi connectivity index (χ0) is 19.6. The number of likely N-dealkylation sites (tertiary alicyclic amines) is 1. The SMILES string of the molecule is Cl.Cl.NC(CC(c1ccccc1)c1ccccc1)=NOCC(O)CN1CCCCC1. The Morgan fingerprint density at radius 2 is 1.47 bits per heavy atom. The van der Waals surface area contributed by atoms with Crippen molar-refractivity contribution < 1.29 is 9.94 Å². The first kappa shape index (κ1) is 26.2. The van der Waals surface area contributed by atoms with E-state index in [2.05, 4.69) is 34.3 Å². The summed E-state index contributed by atoms with van der Waals surface area (Å²) >= 11 is 0. The molecule has 3 N–H and O–H groups in total. The molecule has 30 heavy (non-hydrogen) atoms. The smallest absolute Gasteiger partial charge is 0.144 e. The molecule has 166 valence electrons. The van der Waals surface area contributed by atoms with Gasteiger partial charge in [0.1, 0.15) is 18.5 Å². The van der Waals surface area contributed by atoms with Crippen LogP contribution < -0.4 is 5.73 Å². The van der Waals surface area contributed by atoms with E-state index in [1.54, 1.807) is 0 Å². The summed E-state index contributed by atoms with van der Waals surface area (Å²) in [5.74, 6) is 0.552. The van der Waals surface area contributed by atoms with Crippen molar-refractivity contribution in [3.05, 3.63) is 71.8 Å². The molecule has 1 unspecified atom stereocenters. The monoisotopic (exact) mass is 453 g/mol. The number of nitrogens with zero attached hydrogens (tertiary/aromatic N) is 2. The molecule has 0 radical (unpaired) electrons. The van der Waals surface area contributed by atoms with Crippen LogP contribution in [-0.2, 0) is 4.84 Å². The van der Waals surface area contributed by atoms with Crippen molar-refractivity contribution in [2.75, 3.05) is 26.2 Å². The number of aliphatic hydroxyl groups excluding tert-OH is 1. The van der Waals surface area contributed by atoms with Gasteiger partial charge in [0.2, 0.25) is 0 Å². The normalized spacial score (nSPS) is 15.7. The third kappa shape index (κ3) is 8.52. The number of nitrogens with two attached hydrogens (primary N) is 1. The average molecular weight is 454 g/mol. The minimum Gasteiger partial charge on any atom is -0.392 e. The largest absolute Gasteiger partial charge is 0.392 e. The molecule has 3 rings (SSSR count). The van der Waals surface area contributed by atoms with Gasteiger partial charge in [-0.2, -0.15) is 0 Å². The van der Waals surface area contributed by atoms with E-state index < -0.39 is 6.10 Å². The van der Waals surface area contributed by atoms with Gasteiger partial charge >= 0.3 is 0 Å². The molecule has 0 bridgehead atoms. The Bertz CT molecular complexity index is 686. The van der Waals surface area contributed by atoms with Gasteiger partial charge in [0.15, 0.2) is 0 Å². The number of aliphatic hydroxyl groups is 1. The second-order valence-corrected chi connectivity index (χ2v) is 7.47. The third-order valence-corrected chi connectivity index (χ3v) is 5.18. The van der Waals surface area contributed by atoms with Crippen molar-refractivity contribution in [3.8, 4) is 0 Å². The fourth-order valence-electron chi connectivity index (χ4n) is 3.74. The zero-order valence-electron chi connectivity index (χ0n) is 17.2. The summed E-state index contributed by atoms with van der Waals surface area (Å²) in [6, 6.07) is 20.6. The molecule has 0 saturated carbocycles. The van der Waals surface area contributed by atoms with E-state index in [1.165, 1.54) is 30.4 Å². The number of oxime groups is 1. The Hall–Kier alpha value is -1.79. The van der Waals surface area contributed by atoms with Gasteiger partial charge in [-0.25, -0.2) is 0 Å². The molecule has 1 atom stereocenters. The molecule has 5 nitrogen and oxygen atoms in total. The van der Waals surface area contributed by atoms with Gasteiger partial charge in [0, 0.05) is 18.9 Å². The minimum atomic E-state index is -0.548. The van der Waals surface area contributed by atoms with Gasteiger partial charge in [0.05, 0.1) is 0 Å². The van der Waals surface area contributed by atoms with Crippen LogP contribution in [0.3, 0.4) is 0 Å². The fourth-order valence-corrected chi connectivity index (χ4v) is 3.74. The highest BCUT2D eigenvalue weighted by molar-refractivity contribution is 5.85. The number of hydrogen-bond acceptors (Lipinski definition) is 4. The molecule has 1 fully saturated rings. The predicted octanol–water partition coefficient (Wildman–Crippen LogP) is 4.19. The Labute approximate surface area is 192 Å². The Morgan fingerprint density at radius 3 is 2.00 bits per heavy atom. The molecule has 1 saturated heterocycles. The second-order valence-electron chi connectivity index (χ2n) is 7.47. The van der Waals surface area contributed by atoms with Crippen molar-refractivity contribution in [1.29, 1.82) is 0 Å². The topological polar surface area (TPSA) is 71.1 Å². The highest BCUT2D eigenvalue weighted by atomic mass is 35.5. The molecule has 2 aromatic rings. The van der Waals surface area contributed by atoms with Gasteiger partial charge < -0.3 is 20.6 Å². The molecule has 1 heterocycles. The van der Waals surface area contributed by atoms with E-state index in [-0.39, 0.29) is 37.3 Å². The quantitative estimate of drug-likeness (QED) is 0.339. The van der Waals surface area contributed by atoms with Gasteiger partial charge in [0.25, 0.3) is 0 Å². The fraction of sp³-hybridized carbons (Fsp3) is 0.435. The van der Waals surface area contributed by atoms with Crippen LogP contribution in [0.25, 0.3) is 0 Å². The first-order chi connectivity index (χ1) is 13.7. The number of benzene rings is 2. The summed E-state index contributed by atoms with van der Waals surface area (Å²) in [5, 5.41) is 14.2. The number of piperidine rings is 1. The number of rotatable bonds is 9. The zero-order valence-corrected chi connectivity index (χ0v) is 18.9. The highest BCUT2D eigenvalue weighted by Crippen LogP contribution is 2.27. The maximum atomic E-state index is 10.2. The lowest BCUT2D eigenvalue weighted by Crippen LogP contribution is -2.38. The van der Waals surface area contributed by atoms with E-state index in [9.17, 15) is 5.11 Å².